The number of rotatable bonds is 7. The van der Waals surface area contributed by atoms with Crippen LogP contribution in [0.1, 0.15) is 26.2 Å². The van der Waals surface area contributed by atoms with E-state index in [4.69, 9.17) is 4.98 Å². The molecule has 0 aliphatic carbocycles. The Labute approximate surface area is 170 Å². The number of benzene rings is 1. The molecule has 0 unspecified atom stereocenters. The number of hydrogen-bond acceptors (Lipinski definition) is 4. The number of likely N-dealkylation sites (tertiary alicyclic amines) is 1. The van der Waals surface area contributed by atoms with Crippen LogP contribution in [0.15, 0.2) is 34.2 Å². The van der Waals surface area contributed by atoms with Gasteiger partial charge in [-0.1, -0.05) is 30.8 Å². The van der Waals surface area contributed by atoms with E-state index >= 15 is 0 Å². The predicted molar refractivity (Wildman–Crippen MR) is 114 cm³/mol. The predicted octanol–water partition coefficient (Wildman–Crippen LogP) is 1.28. The number of fused-ring (bicyclic) bond motifs is 1. The normalized spacial score (nSPS) is 17.4. The number of carbonyl (C=O) groups is 1. The summed E-state index contributed by atoms with van der Waals surface area (Å²) < 4.78 is 1.75. The van der Waals surface area contributed by atoms with Crippen molar-refractivity contribution in [2.24, 2.45) is 5.92 Å². The molecule has 1 aliphatic rings. The molecule has 0 bridgehead atoms. The van der Waals surface area contributed by atoms with Crippen molar-refractivity contribution in [3.8, 4) is 0 Å². The van der Waals surface area contributed by atoms with Gasteiger partial charge >= 0.3 is 0 Å². The van der Waals surface area contributed by atoms with Gasteiger partial charge in [0.2, 0.25) is 5.91 Å². The molecule has 1 N–H and O–H groups in total. The summed E-state index contributed by atoms with van der Waals surface area (Å²) in [7, 11) is 4.21. The molecular formula is C21H31N4O2S+. The van der Waals surface area contributed by atoms with Crippen LogP contribution in [-0.4, -0.2) is 59.8 Å². The average molecular weight is 404 g/mol. The van der Waals surface area contributed by atoms with Gasteiger partial charge in [0.15, 0.2) is 5.16 Å². The lowest BCUT2D eigenvalue weighted by Crippen LogP contribution is -3.05. The third-order valence-corrected chi connectivity index (χ3v) is 6.18. The first-order chi connectivity index (χ1) is 13.5. The third kappa shape index (κ3) is 5.14. The molecule has 0 spiro atoms. The molecule has 1 fully saturated rings. The minimum Gasteiger partial charge on any atom is -0.342 e. The molecule has 1 aromatic carbocycles. The molecule has 6 nitrogen and oxygen atoms in total. The highest BCUT2D eigenvalue weighted by atomic mass is 32.2. The van der Waals surface area contributed by atoms with E-state index in [-0.39, 0.29) is 11.5 Å². The molecule has 0 radical (unpaired) electrons. The summed E-state index contributed by atoms with van der Waals surface area (Å²) in [5.74, 6) is 1.03. The number of thioether (sulfide) groups is 1. The molecular weight excluding hydrogens is 372 g/mol. The lowest BCUT2D eigenvalue weighted by atomic mass is 10.0. The monoisotopic (exact) mass is 403 g/mol. The number of amides is 1. The van der Waals surface area contributed by atoms with E-state index in [1.54, 1.807) is 4.57 Å². The molecule has 1 atom stereocenters. The topological polar surface area (TPSA) is 59.6 Å². The summed E-state index contributed by atoms with van der Waals surface area (Å²) in [6.45, 7) is 5.48. The van der Waals surface area contributed by atoms with Gasteiger partial charge in [-0.15, -0.1) is 0 Å². The van der Waals surface area contributed by atoms with Crippen molar-refractivity contribution in [3.05, 3.63) is 34.6 Å². The highest BCUT2D eigenvalue weighted by Gasteiger charge is 2.22. The maximum absolute atomic E-state index is 13.0. The Balaban J connectivity index is 1.79. The second kappa shape index (κ2) is 9.56. The Kier molecular flexibility index (Phi) is 7.13. The average Bonchev–Trinajstić information content (AvgIpc) is 2.68. The van der Waals surface area contributed by atoms with Crippen LogP contribution in [0.25, 0.3) is 10.9 Å². The third-order valence-electron chi connectivity index (χ3n) is 5.22. The summed E-state index contributed by atoms with van der Waals surface area (Å²) in [6, 6.07) is 7.45. The van der Waals surface area contributed by atoms with E-state index in [0.717, 1.165) is 32.5 Å². The summed E-state index contributed by atoms with van der Waals surface area (Å²) in [6.07, 6.45) is 3.16. The molecule has 1 aromatic heterocycles. The zero-order valence-electron chi connectivity index (χ0n) is 17.1. The quantitative estimate of drug-likeness (QED) is 0.559. The van der Waals surface area contributed by atoms with Crippen LogP contribution in [0.5, 0.6) is 0 Å². The van der Waals surface area contributed by atoms with Crippen molar-refractivity contribution in [1.82, 2.24) is 14.5 Å². The smallest absolute Gasteiger partial charge is 0.262 e. The van der Waals surface area contributed by atoms with Crippen LogP contribution in [0.2, 0.25) is 0 Å². The van der Waals surface area contributed by atoms with E-state index in [9.17, 15) is 9.59 Å². The SMILES string of the molecule is C[C@@H]1CCCN(C(=O)CSc2nc3ccccc3c(=O)n2CCC[NH+](C)C)C1. The highest BCUT2D eigenvalue weighted by Crippen LogP contribution is 2.21. The van der Waals surface area contributed by atoms with Gasteiger partial charge in [0, 0.05) is 26.1 Å². The Bertz CT molecular complexity index is 880. The van der Waals surface area contributed by atoms with Crippen LogP contribution in [-0.2, 0) is 11.3 Å². The minimum atomic E-state index is -0.0131. The number of piperidine rings is 1. The Morgan fingerprint density at radius 1 is 1.32 bits per heavy atom. The van der Waals surface area contributed by atoms with E-state index in [0.29, 0.717) is 34.3 Å². The zero-order chi connectivity index (χ0) is 20.1. The molecule has 2 heterocycles. The van der Waals surface area contributed by atoms with Gasteiger partial charge < -0.3 is 9.80 Å². The lowest BCUT2D eigenvalue weighted by Gasteiger charge is -2.30. The Morgan fingerprint density at radius 3 is 2.86 bits per heavy atom. The fraction of sp³-hybridized carbons (Fsp3) is 0.571. The van der Waals surface area contributed by atoms with Crippen molar-refractivity contribution in [1.29, 1.82) is 0 Å². The molecule has 2 aromatic rings. The van der Waals surface area contributed by atoms with Gasteiger partial charge in [-0.3, -0.25) is 14.2 Å². The molecule has 1 aliphatic heterocycles. The summed E-state index contributed by atoms with van der Waals surface area (Å²) in [4.78, 5) is 33.7. The van der Waals surface area contributed by atoms with Gasteiger partial charge in [0.25, 0.3) is 5.56 Å². The standard InChI is InChI=1S/C21H30N4O2S/c1-16-8-6-12-24(14-16)19(26)15-28-21-22-18-10-5-4-9-17(18)20(27)25(21)13-7-11-23(2)3/h4-5,9-10,16H,6-8,11-15H2,1-3H3/p+1/t16-/m1/s1. The number of quaternary nitrogens is 1. The summed E-state index contributed by atoms with van der Waals surface area (Å²) >= 11 is 1.39. The first-order valence-electron chi connectivity index (χ1n) is 10.1. The fourth-order valence-electron chi connectivity index (χ4n) is 3.68. The lowest BCUT2D eigenvalue weighted by molar-refractivity contribution is -0.858. The minimum absolute atomic E-state index is 0.0131. The fourth-order valence-corrected chi connectivity index (χ4v) is 4.61. The van der Waals surface area contributed by atoms with E-state index in [1.807, 2.05) is 29.2 Å². The first kappa shape index (κ1) is 20.9. The van der Waals surface area contributed by atoms with Crippen LogP contribution in [0, 0.1) is 5.92 Å². The van der Waals surface area contributed by atoms with Gasteiger partial charge in [-0.2, -0.15) is 0 Å². The van der Waals surface area contributed by atoms with Crippen molar-refractivity contribution in [3.63, 3.8) is 0 Å². The van der Waals surface area contributed by atoms with Crippen molar-refractivity contribution < 1.29 is 9.69 Å². The van der Waals surface area contributed by atoms with Crippen LogP contribution < -0.4 is 10.5 Å². The number of carbonyl (C=O) groups excluding carboxylic acids is 1. The molecule has 0 saturated carbocycles. The van der Waals surface area contributed by atoms with E-state index in [1.165, 1.54) is 23.1 Å². The molecule has 152 valence electrons. The largest absolute Gasteiger partial charge is 0.342 e. The highest BCUT2D eigenvalue weighted by molar-refractivity contribution is 7.99. The van der Waals surface area contributed by atoms with Crippen molar-refractivity contribution in [2.45, 2.75) is 37.9 Å². The van der Waals surface area contributed by atoms with Crippen LogP contribution in [0.4, 0.5) is 0 Å². The first-order valence-corrected chi connectivity index (χ1v) is 11.1. The number of aromatic nitrogens is 2. The van der Waals surface area contributed by atoms with Crippen LogP contribution in [0.3, 0.4) is 0 Å². The number of hydrogen-bond donors (Lipinski definition) is 1. The number of nitrogens with zero attached hydrogens (tertiary/aromatic N) is 3. The molecule has 28 heavy (non-hydrogen) atoms. The van der Waals surface area contributed by atoms with E-state index in [2.05, 4.69) is 21.0 Å². The Hall–Kier alpha value is -1.86. The second-order valence-electron chi connectivity index (χ2n) is 8.05. The van der Waals surface area contributed by atoms with E-state index < -0.39 is 0 Å². The Morgan fingerprint density at radius 2 is 2.11 bits per heavy atom. The van der Waals surface area contributed by atoms with Gasteiger partial charge in [0.05, 0.1) is 37.3 Å². The molecule has 1 amide bonds. The van der Waals surface area contributed by atoms with Gasteiger partial charge in [-0.05, 0) is 30.9 Å². The van der Waals surface area contributed by atoms with Gasteiger partial charge in [0.1, 0.15) is 0 Å². The van der Waals surface area contributed by atoms with Gasteiger partial charge in [-0.25, -0.2) is 4.98 Å². The summed E-state index contributed by atoms with van der Waals surface area (Å²) in [5, 5.41) is 1.29. The molecule has 7 heteroatoms. The molecule has 3 rings (SSSR count). The second-order valence-corrected chi connectivity index (χ2v) is 9.00. The van der Waals surface area contributed by atoms with Crippen molar-refractivity contribution >= 4 is 28.6 Å². The summed E-state index contributed by atoms with van der Waals surface area (Å²) in [5.41, 5.74) is 0.685. The maximum atomic E-state index is 13.0. The molecule has 1 saturated heterocycles. The van der Waals surface area contributed by atoms with Crippen molar-refractivity contribution in [2.75, 3.05) is 39.5 Å². The zero-order valence-corrected chi connectivity index (χ0v) is 17.9. The number of para-hydroxylation sites is 1. The maximum Gasteiger partial charge on any atom is 0.262 e. The number of nitrogens with one attached hydrogen (secondary N) is 1. The van der Waals surface area contributed by atoms with Crippen LogP contribution >= 0.6 is 11.8 Å².